The van der Waals surface area contributed by atoms with E-state index < -0.39 is 17.4 Å². The number of carbonyl (C=O) groups excluding carboxylic acids is 1. The first-order valence-electron chi connectivity index (χ1n) is 9.28. The summed E-state index contributed by atoms with van der Waals surface area (Å²) in [6.45, 7) is 2.24. The number of fused-ring (bicyclic) bond motifs is 2. The molecule has 0 amide bonds. The van der Waals surface area contributed by atoms with Crippen LogP contribution in [0.5, 0.6) is 0 Å². The maximum absolute atomic E-state index is 12.1. The quantitative estimate of drug-likeness (QED) is 0.368. The number of ether oxygens (including phenoxy) is 1. The fraction of sp³-hybridized carbons (Fsp3) is 0.227. The lowest BCUT2D eigenvalue weighted by Gasteiger charge is -2.08. The van der Waals surface area contributed by atoms with E-state index in [4.69, 9.17) is 13.6 Å². The number of aryl methyl sites for hydroxylation is 2. The van der Waals surface area contributed by atoms with Crippen LogP contribution in [0.15, 0.2) is 67.0 Å². The summed E-state index contributed by atoms with van der Waals surface area (Å²) in [4.78, 5) is 35.8. The maximum atomic E-state index is 12.1. The van der Waals surface area contributed by atoms with Crippen molar-refractivity contribution in [1.29, 1.82) is 0 Å². The third-order valence-corrected chi connectivity index (χ3v) is 4.71. The van der Waals surface area contributed by atoms with Crippen LogP contribution < -0.4 is 11.4 Å². The summed E-state index contributed by atoms with van der Waals surface area (Å²) in [6, 6.07) is 14.0. The van der Waals surface area contributed by atoms with Gasteiger partial charge in [0.15, 0.2) is 5.58 Å². The van der Waals surface area contributed by atoms with Crippen LogP contribution in [-0.4, -0.2) is 10.5 Å². The molecule has 7 nitrogen and oxygen atoms in total. The van der Waals surface area contributed by atoms with E-state index in [0.29, 0.717) is 35.2 Å². The molecule has 0 saturated carbocycles. The Hall–Kier alpha value is -3.61. The second-order valence-electron chi connectivity index (χ2n) is 6.84. The van der Waals surface area contributed by atoms with Crippen LogP contribution in [0.3, 0.4) is 0 Å². The Morgan fingerprint density at radius 3 is 2.72 bits per heavy atom. The number of hydrogen-bond donors (Lipinski definition) is 0. The number of carbonyl (C=O) groups is 1. The lowest BCUT2D eigenvalue weighted by Crippen LogP contribution is -2.15. The number of hydrogen-bond acceptors (Lipinski definition) is 6. The average molecular weight is 393 g/mol. The van der Waals surface area contributed by atoms with Crippen LogP contribution in [-0.2, 0) is 22.7 Å². The molecular weight excluding hydrogens is 374 g/mol. The molecule has 0 unspecified atom stereocenters. The van der Waals surface area contributed by atoms with Crippen molar-refractivity contribution in [1.82, 2.24) is 4.57 Å². The Morgan fingerprint density at radius 2 is 1.86 bits per heavy atom. The number of oxazole rings is 1. The van der Waals surface area contributed by atoms with Crippen molar-refractivity contribution in [2.24, 2.45) is 0 Å². The molecule has 4 aromatic rings. The topological polar surface area (TPSA) is 91.6 Å². The molecule has 0 aliphatic rings. The van der Waals surface area contributed by atoms with Crippen molar-refractivity contribution in [2.45, 2.75) is 32.9 Å². The van der Waals surface area contributed by atoms with Gasteiger partial charge in [-0.15, -0.1) is 0 Å². The van der Waals surface area contributed by atoms with E-state index in [-0.39, 0.29) is 13.0 Å². The van der Waals surface area contributed by atoms with Crippen molar-refractivity contribution < 1.29 is 18.4 Å². The van der Waals surface area contributed by atoms with Gasteiger partial charge in [0, 0.05) is 30.0 Å². The van der Waals surface area contributed by atoms with E-state index in [2.05, 4.69) is 0 Å². The highest BCUT2D eigenvalue weighted by Crippen LogP contribution is 2.19. The Labute approximate surface area is 165 Å². The summed E-state index contributed by atoms with van der Waals surface area (Å²) < 4.78 is 17.2. The van der Waals surface area contributed by atoms with Gasteiger partial charge in [0.25, 0.3) is 0 Å². The van der Waals surface area contributed by atoms with Crippen LogP contribution in [0.1, 0.15) is 24.0 Å². The number of para-hydroxylation sites is 2. The van der Waals surface area contributed by atoms with Gasteiger partial charge >= 0.3 is 17.4 Å². The molecule has 0 aliphatic heterocycles. The second-order valence-corrected chi connectivity index (χ2v) is 6.84. The predicted molar refractivity (Wildman–Crippen MR) is 107 cm³/mol. The molecular formula is C22H19NO6. The average Bonchev–Trinajstić information content (AvgIpc) is 3.01. The second kappa shape index (κ2) is 7.79. The lowest BCUT2D eigenvalue weighted by molar-refractivity contribution is -0.145. The first-order valence-corrected chi connectivity index (χ1v) is 9.28. The zero-order valence-corrected chi connectivity index (χ0v) is 15.8. The van der Waals surface area contributed by atoms with Crippen molar-refractivity contribution >= 4 is 28.0 Å². The fourth-order valence-electron chi connectivity index (χ4n) is 3.29. The van der Waals surface area contributed by atoms with Crippen LogP contribution in [0.2, 0.25) is 0 Å². The Bertz CT molecular complexity index is 1310. The summed E-state index contributed by atoms with van der Waals surface area (Å²) in [5.74, 6) is -0.850. The van der Waals surface area contributed by atoms with Gasteiger partial charge in [-0.1, -0.05) is 24.3 Å². The number of benzene rings is 2. The molecule has 2 aromatic heterocycles. The SMILES string of the molecule is Cc1ccc2c(COC(=O)CCCn3c(=O)oc4ccccc43)cc(=O)oc2c1. The summed E-state index contributed by atoms with van der Waals surface area (Å²) in [6.07, 6.45) is 0.573. The minimum absolute atomic E-state index is 0.0153. The van der Waals surface area contributed by atoms with E-state index in [9.17, 15) is 14.4 Å². The number of nitrogens with zero attached hydrogens (tertiary/aromatic N) is 1. The number of rotatable bonds is 6. The zero-order chi connectivity index (χ0) is 20.4. The van der Waals surface area contributed by atoms with Gasteiger partial charge in [-0.25, -0.2) is 9.59 Å². The van der Waals surface area contributed by atoms with Gasteiger partial charge in [0.1, 0.15) is 12.2 Å². The van der Waals surface area contributed by atoms with Gasteiger partial charge in [0.2, 0.25) is 0 Å². The standard InChI is InChI=1S/C22H19NO6/c1-14-8-9-16-15(12-21(25)28-19(16)11-14)13-27-20(24)7-4-10-23-17-5-2-3-6-18(17)29-22(23)26/h2-3,5-6,8-9,11-12H,4,7,10,13H2,1H3. The number of esters is 1. The van der Waals surface area contributed by atoms with E-state index >= 15 is 0 Å². The van der Waals surface area contributed by atoms with Crippen LogP contribution in [0.25, 0.3) is 22.1 Å². The molecule has 0 spiro atoms. The Kier molecular flexibility index (Phi) is 5.03. The van der Waals surface area contributed by atoms with Gasteiger partial charge < -0.3 is 13.6 Å². The molecule has 2 heterocycles. The molecule has 0 saturated heterocycles. The van der Waals surface area contributed by atoms with E-state index in [1.54, 1.807) is 24.3 Å². The zero-order valence-electron chi connectivity index (χ0n) is 15.8. The molecule has 0 fully saturated rings. The smallest absolute Gasteiger partial charge is 0.419 e. The number of aromatic nitrogens is 1. The summed E-state index contributed by atoms with van der Waals surface area (Å²) >= 11 is 0. The molecule has 0 radical (unpaired) electrons. The molecule has 2 aromatic carbocycles. The third-order valence-electron chi connectivity index (χ3n) is 4.71. The van der Waals surface area contributed by atoms with Crippen LogP contribution in [0.4, 0.5) is 0 Å². The minimum Gasteiger partial charge on any atom is -0.461 e. The van der Waals surface area contributed by atoms with Crippen molar-refractivity contribution in [2.75, 3.05) is 0 Å². The maximum Gasteiger partial charge on any atom is 0.419 e. The molecule has 0 atom stereocenters. The largest absolute Gasteiger partial charge is 0.461 e. The van der Waals surface area contributed by atoms with E-state index in [1.807, 2.05) is 25.1 Å². The first-order chi connectivity index (χ1) is 14.0. The van der Waals surface area contributed by atoms with Crippen molar-refractivity contribution in [3.8, 4) is 0 Å². The van der Waals surface area contributed by atoms with Crippen LogP contribution >= 0.6 is 0 Å². The molecule has 0 aliphatic carbocycles. The van der Waals surface area contributed by atoms with E-state index in [0.717, 1.165) is 10.9 Å². The predicted octanol–water partition coefficient (Wildman–Crippen LogP) is 3.53. The first kappa shape index (κ1) is 18.7. The Morgan fingerprint density at radius 1 is 1.03 bits per heavy atom. The highest BCUT2D eigenvalue weighted by molar-refractivity contribution is 5.81. The van der Waals surface area contributed by atoms with Gasteiger partial charge in [-0.3, -0.25) is 9.36 Å². The molecule has 0 N–H and O–H groups in total. The Balaban J connectivity index is 1.38. The minimum atomic E-state index is -0.486. The molecule has 7 heteroatoms. The summed E-state index contributed by atoms with van der Waals surface area (Å²) in [7, 11) is 0. The van der Waals surface area contributed by atoms with Gasteiger partial charge in [-0.2, -0.15) is 0 Å². The fourth-order valence-corrected chi connectivity index (χ4v) is 3.29. The summed E-state index contributed by atoms with van der Waals surface area (Å²) in [5.41, 5.74) is 2.77. The molecule has 29 heavy (non-hydrogen) atoms. The van der Waals surface area contributed by atoms with Crippen molar-refractivity contribution in [3.63, 3.8) is 0 Å². The lowest BCUT2D eigenvalue weighted by atomic mass is 10.1. The molecule has 0 bridgehead atoms. The monoisotopic (exact) mass is 393 g/mol. The molecule has 148 valence electrons. The molecule has 4 rings (SSSR count). The summed E-state index contributed by atoms with van der Waals surface area (Å²) in [5, 5.41) is 0.736. The highest BCUT2D eigenvalue weighted by atomic mass is 16.5. The third kappa shape index (κ3) is 3.99. The van der Waals surface area contributed by atoms with E-state index in [1.165, 1.54) is 10.6 Å². The van der Waals surface area contributed by atoms with Gasteiger partial charge in [-0.05, 0) is 37.1 Å². The highest BCUT2D eigenvalue weighted by Gasteiger charge is 2.11. The van der Waals surface area contributed by atoms with Crippen molar-refractivity contribution in [3.05, 3.63) is 80.6 Å². The van der Waals surface area contributed by atoms with Gasteiger partial charge in [0.05, 0.1) is 5.52 Å². The normalized spacial score (nSPS) is 11.2. The van der Waals surface area contributed by atoms with Crippen LogP contribution in [0, 0.1) is 6.92 Å².